The minimum Gasteiger partial charge on any atom is -0.318 e. The third-order valence-corrected chi connectivity index (χ3v) is 4.42. The Balaban J connectivity index is 2.17. The Hall–Kier alpha value is -1.41. The largest absolute Gasteiger partial charge is 0.318 e. The quantitative estimate of drug-likeness (QED) is 0.663. The molecule has 0 fully saturated rings. The van der Waals surface area contributed by atoms with E-state index in [1.807, 2.05) is 6.08 Å². The molecule has 0 amide bonds. The average Bonchev–Trinajstić information content (AvgIpc) is 2.26. The minimum absolute atomic E-state index is 0.208. The molecule has 0 aromatic carbocycles. The van der Waals surface area contributed by atoms with Gasteiger partial charge in [-0.15, -0.1) is 0 Å². The highest BCUT2D eigenvalue weighted by molar-refractivity contribution is 5.94. The lowest BCUT2D eigenvalue weighted by Gasteiger charge is -2.47. The zero-order chi connectivity index (χ0) is 12.9. The first-order chi connectivity index (χ1) is 8.54. The minimum atomic E-state index is -0.372. The highest BCUT2D eigenvalue weighted by Gasteiger charge is 2.44. The predicted molar refractivity (Wildman–Crippen MR) is 72.9 cm³/mol. The number of carbonyl (C=O) groups excluding carboxylic acids is 1. The van der Waals surface area contributed by atoms with Crippen molar-refractivity contribution in [2.75, 3.05) is 0 Å². The molecule has 3 aliphatic carbocycles. The van der Waals surface area contributed by atoms with E-state index >= 15 is 0 Å². The number of fused-ring (bicyclic) bond motifs is 3. The van der Waals surface area contributed by atoms with Gasteiger partial charge in [0.25, 0.3) is 0 Å². The molecule has 0 saturated carbocycles. The van der Waals surface area contributed by atoms with E-state index < -0.39 is 0 Å². The van der Waals surface area contributed by atoms with Crippen molar-refractivity contribution in [1.82, 2.24) is 0 Å². The molecule has 0 aromatic rings. The summed E-state index contributed by atoms with van der Waals surface area (Å²) in [6.07, 6.45) is 10.5. The molecule has 0 heterocycles. The summed E-state index contributed by atoms with van der Waals surface area (Å²) in [4.78, 5) is 11.6. The van der Waals surface area contributed by atoms with Gasteiger partial charge in [0.1, 0.15) is 0 Å². The summed E-state index contributed by atoms with van der Waals surface area (Å²) >= 11 is 0. The molecule has 3 rings (SSSR count). The van der Waals surface area contributed by atoms with E-state index in [1.165, 1.54) is 22.3 Å². The van der Waals surface area contributed by atoms with Gasteiger partial charge in [0, 0.05) is 12.3 Å². The van der Waals surface area contributed by atoms with E-state index in [9.17, 15) is 4.79 Å². The van der Waals surface area contributed by atoms with Gasteiger partial charge < -0.3 is 5.73 Å². The number of ketones is 1. The topological polar surface area (TPSA) is 43.1 Å². The van der Waals surface area contributed by atoms with Crippen molar-refractivity contribution in [2.45, 2.75) is 38.6 Å². The smallest absolute Gasteiger partial charge is 0.159 e. The lowest BCUT2D eigenvalue weighted by atomic mass is 9.61. The van der Waals surface area contributed by atoms with Crippen LogP contribution >= 0.6 is 0 Å². The third kappa shape index (κ3) is 1.49. The molecular formula is C16H19NO. The van der Waals surface area contributed by atoms with E-state index in [1.54, 1.807) is 6.08 Å². The van der Waals surface area contributed by atoms with Crippen LogP contribution in [0, 0.1) is 5.92 Å². The second-order valence-electron chi connectivity index (χ2n) is 5.71. The molecule has 2 N–H and O–H groups in total. The monoisotopic (exact) mass is 241 g/mol. The van der Waals surface area contributed by atoms with Gasteiger partial charge in [0.05, 0.1) is 5.54 Å². The Morgan fingerprint density at radius 1 is 1.44 bits per heavy atom. The van der Waals surface area contributed by atoms with Crippen LogP contribution in [0.15, 0.2) is 46.6 Å². The van der Waals surface area contributed by atoms with Gasteiger partial charge in [-0.05, 0) is 43.9 Å². The summed E-state index contributed by atoms with van der Waals surface area (Å²) in [6, 6.07) is 0. The first-order valence-corrected chi connectivity index (χ1v) is 6.61. The molecule has 0 spiro atoms. The van der Waals surface area contributed by atoms with Gasteiger partial charge in [-0.1, -0.05) is 29.4 Å². The maximum Gasteiger partial charge on any atom is 0.159 e. The molecule has 0 saturated heterocycles. The summed E-state index contributed by atoms with van der Waals surface area (Å²) < 4.78 is 0. The van der Waals surface area contributed by atoms with Crippen molar-refractivity contribution in [3.8, 4) is 0 Å². The molecule has 0 radical (unpaired) electrons. The normalized spacial score (nSPS) is 36.8. The number of hydrogen-bond acceptors (Lipinski definition) is 2. The van der Waals surface area contributed by atoms with Crippen molar-refractivity contribution in [3.05, 3.63) is 46.6 Å². The Kier molecular flexibility index (Phi) is 2.46. The predicted octanol–water partition coefficient (Wildman–Crippen LogP) is 2.83. The van der Waals surface area contributed by atoms with Crippen LogP contribution in [0.2, 0.25) is 0 Å². The molecule has 2 heteroatoms. The van der Waals surface area contributed by atoms with Crippen molar-refractivity contribution in [3.63, 3.8) is 0 Å². The summed E-state index contributed by atoms with van der Waals surface area (Å²) in [6.45, 7) is 4.23. The maximum absolute atomic E-state index is 11.6. The Morgan fingerprint density at radius 2 is 2.22 bits per heavy atom. The summed E-state index contributed by atoms with van der Waals surface area (Å²) in [5.41, 5.74) is 11.5. The van der Waals surface area contributed by atoms with E-state index in [2.05, 4.69) is 26.0 Å². The van der Waals surface area contributed by atoms with E-state index in [0.29, 0.717) is 12.3 Å². The molecule has 2 atom stereocenters. The van der Waals surface area contributed by atoms with Gasteiger partial charge in [0.15, 0.2) is 5.78 Å². The van der Waals surface area contributed by atoms with Crippen LogP contribution in [0.25, 0.3) is 0 Å². The Labute approximate surface area is 108 Å². The van der Waals surface area contributed by atoms with Crippen molar-refractivity contribution >= 4 is 5.78 Å². The molecule has 2 unspecified atom stereocenters. The summed E-state index contributed by atoms with van der Waals surface area (Å²) in [5, 5.41) is 0. The summed E-state index contributed by atoms with van der Waals surface area (Å²) in [7, 11) is 0. The standard InChI is InChI=1S/C16H19NO/c1-3-14-11-6-10(2)9-16(14,17)15-5-4-13(18)8-12(15)7-11/h3-6,11H,7-9,17H2,1-2H3/b14-3+. The van der Waals surface area contributed by atoms with Crippen LogP contribution < -0.4 is 5.73 Å². The first-order valence-electron chi connectivity index (χ1n) is 6.61. The molecule has 2 bridgehead atoms. The first kappa shape index (κ1) is 11.7. The average molecular weight is 241 g/mol. The van der Waals surface area contributed by atoms with E-state index in [-0.39, 0.29) is 11.3 Å². The molecular weight excluding hydrogens is 222 g/mol. The lowest BCUT2D eigenvalue weighted by Crippen LogP contribution is -2.51. The molecule has 94 valence electrons. The third-order valence-electron chi connectivity index (χ3n) is 4.42. The molecule has 0 aliphatic heterocycles. The number of nitrogens with two attached hydrogens (primary N) is 1. The number of rotatable bonds is 0. The fraction of sp³-hybridized carbons (Fsp3) is 0.438. The zero-order valence-electron chi connectivity index (χ0n) is 11.0. The van der Waals surface area contributed by atoms with Crippen molar-refractivity contribution < 1.29 is 4.79 Å². The van der Waals surface area contributed by atoms with Crippen LogP contribution in [-0.2, 0) is 4.79 Å². The maximum atomic E-state index is 11.6. The second-order valence-corrected chi connectivity index (χ2v) is 5.71. The van der Waals surface area contributed by atoms with Crippen LogP contribution in [0.3, 0.4) is 0 Å². The molecule has 2 nitrogen and oxygen atoms in total. The SMILES string of the molecule is C/C=C1\C2C=C(C)CC1(N)C1=C(CC(=O)C=C1)C2. The number of carbonyl (C=O) groups is 1. The second kappa shape index (κ2) is 3.79. The van der Waals surface area contributed by atoms with Gasteiger partial charge in [-0.2, -0.15) is 0 Å². The van der Waals surface area contributed by atoms with E-state index in [4.69, 9.17) is 5.73 Å². The Bertz CT molecular complexity index is 547. The molecule has 0 aromatic heterocycles. The molecule has 18 heavy (non-hydrogen) atoms. The summed E-state index contributed by atoms with van der Waals surface area (Å²) in [5.74, 6) is 0.604. The zero-order valence-corrected chi connectivity index (χ0v) is 11.0. The highest BCUT2D eigenvalue weighted by atomic mass is 16.1. The number of hydrogen-bond donors (Lipinski definition) is 1. The van der Waals surface area contributed by atoms with Gasteiger partial charge in [-0.3, -0.25) is 4.79 Å². The van der Waals surface area contributed by atoms with Crippen LogP contribution in [0.5, 0.6) is 0 Å². The van der Waals surface area contributed by atoms with Crippen LogP contribution in [-0.4, -0.2) is 11.3 Å². The van der Waals surface area contributed by atoms with Gasteiger partial charge >= 0.3 is 0 Å². The van der Waals surface area contributed by atoms with Crippen LogP contribution in [0.1, 0.15) is 33.1 Å². The number of allylic oxidation sites excluding steroid dienone is 4. The van der Waals surface area contributed by atoms with E-state index in [0.717, 1.165) is 12.8 Å². The van der Waals surface area contributed by atoms with Crippen molar-refractivity contribution in [1.29, 1.82) is 0 Å². The highest BCUT2D eigenvalue weighted by Crippen LogP contribution is 2.49. The Morgan fingerprint density at radius 3 is 2.94 bits per heavy atom. The molecule has 3 aliphatic rings. The fourth-order valence-electron chi connectivity index (χ4n) is 3.83. The van der Waals surface area contributed by atoms with Crippen LogP contribution in [0.4, 0.5) is 0 Å². The lowest BCUT2D eigenvalue weighted by molar-refractivity contribution is -0.114. The van der Waals surface area contributed by atoms with Crippen molar-refractivity contribution in [2.24, 2.45) is 11.7 Å². The van der Waals surface area contributed by atoms with Gasteiger partial charge in [0.2, 0.25) is 0 Å². The fourth-order valence-corrected chi connectivity index (χ4v) is 3.83. The van der Waals surface area contributed by atoms with Gasteiger partial charge in [-0.25, -0.2) is 0 Å².